The zero-order valence-corrected chi connectivity index (χ0v) is 15.0. The van der Waals surface area contributed by atoms with E-state index in [0.717, 1.165) is 16.1 Å². The van der Waals surface area contributed by atoms with Gasteiger partial charge in [-0.2, -0.15) is 4.31 Å². The molecule has 0 bridgehead atoms. The van der Waals surface area contributed by atoms with Gasteiger partial charge in [-0.3, -0.25) is 4.79 Å². The number of halogens is 1. The number of hydrogen-bond acceptors (Lipinski definition) is 3. The molecule has 0 saturated carbocycles. The SMILES string of the molecule is Cc1ccc(C(=O)NCCN(Cc2ccccc2F)S(C)(=O)=O)cc1. The van der Waals surface area contributed by atoms with Crippen LogP contribution < -0.4 is 5.32 Å². The molecule has 2 rings (SSSR count). The van der Waals surface area contributed by atoms with E-state index < -0.39 is 15.8 Å². The minimum absolute atomic E-state index is 0.0603. The number of amides is 1. The number of rotatable bonds is 7. The van der Waals surface area contributed by atoms with Gasteiger partial charge in [0, 0.05) is 30.8 Å². The summed E-state index contributed by atoms with van der Waals surface area (Å²) in [5.41, 5.74) is 1.84. The maximum atomic E-state index is 13.8. The lowest BCUT2D eigenvalue weighted by molar-refractivity contribution is 0.0951. The number of nitrogens with zero attached hydrogens (tertiary/aromatic N) is 1. The fraction of sp³-hybridized carbons (Fsp3) is 0.278. The van der Waals surface area contributed by atoms with Crippen molar-refractivity contribution in [3.05, 3.63) is 71.0 Å². The van der Waals surface area contributed by atoms with Crippen LogP contribution in [0.5, 0.6) is 0 Å². The summed E-state index contributed by atoms with van der Waals surface area (Å²) in [6.07, 6.45) is 1.07. The van der Waals surface area contributed by atoms with Gasteiger partial charge in [-0.25, -0.2) is 12.8 Å². The third-order valence-electron chi connectivity index (χ3n) is 3.73. The number of sulfonamides is 1. The van der Waals surface area contributed by atoms with E-state index in [1.165, 1.54) is 6.07 Å². The molecule has 7 heteroatoms. The predicted octanol–water partition coefficient (Wildman–Crippen LogP) is 2.33. The van der Waals surface area contributed by atoms with Crippen LogP contribution in [0.4, 0.5) is 4.39 Å². The minimum atomic E-state index is -3.53. The third kappa shape index (κ3) is 5.65. The summed E-state index contributed by atoms with van der Waals surface area (Å²) in [6.45, 7) is 2.04. The highest BCUT2D eigenvalue weighted by Crippen LogP contribution is 2.12. The van der Waals surface area contributed by atoms with Crippen LogP contribution in [0.15, 0.2) is 48.5 Å². The maximum absolute atomic E-state index is 13.8. The number of nitrogens with one attached hydrogen (secondary N) is 1. The largest absolute Gasteiger partial charge is 0.351 e. The van der Waals surface area contributed by atoms with Crippen LogP contribution in [-0.4, -0.2) is 38.0 Å². The Morgan fingerprint density at radius 2 is 1.76 bits per heavy atom. The van der Waals surface area contributed by atoms with Crippen molar-refractivity contribution >= 4 is 15.9 Å². The van der Waals surface area contributed by atoms with Crippen molar-refractivity contribution in [3.63, 3.8) is 0 Å². The van der Waals surface area contributed by atoms with Gasteiger partial charge in [0.2, 0.25) is 10.0 Å². The first-order valence-electron chi connectivity index (χ1n) is 7.81. The Kier molecular flexibility index (Phi) is 6.27. The average molecular weight is 364 g/mol. The van der Waals surface area contributed by atoms with E-state index >= 15 is 0 Å². The third-order valence-corrected chi connectivity index (χ3v) is 4.98. The number of hydrogen-bond donors (Lipinski definition) is 1. The Balaban J connectivity index is 1.98. The van der Waals surface area contributed by atoms with Gasteiger partial charge < -0.3 is 5.32 Å². The van der Waals surface area contributed by atoms with Crippen LogP contribution in [0, 0.1) is 12.7 Å². The molecule has 5 nitrogen and oxygen atoms in total. The van der Waals surface area contributed by atoms with E-state index in [-0.39, 0.29) is 31.1 Å². The molecule has 0 aliphatic carbocycles. The van der Waals surface area contributed by atoms with Gasteiger partial charge in [-0.1, -0.05) is 35.9 Å². The molecule has 0 spiro atoms. The summed E-state index contributed by atoms with van der Waals surface area (Å²) >= 11 is 0. The number of aryl methyl sites for hydroxylation is 1. The van der Waals surface area contributed by atoms with Crippen LogP contribution in [-0.2, 0) is 16.6 Å². The Morgan fingerprint density at radius 3 is 2.36 bits per heavy atom. The van der Waals surface area contributed by atoms with Crippen molar-refractivity contribution in [2.45, 2.75) is 13.5 Å². The van der Waals surface area contributed by atoms with E-state index in [9.17, 15) is 17.6 Å². The Bertz CT molecular complexity index is 836. The summed E-state index contributed by atoms with van der Waals surface area (Å²) in [4.78, 5) is 12.1. The summed E-state index contributed by atoms with van der Waals surface area (Å²) in [6, 6.07) is 13.1. The van der Waals surface area contributed by atoms with Crippen LogP contribution in [0.1, 0.15) is 21.5 Å². The first kappa shape index (κ1) is 19.1. The lowest BCUT2D eigenvalue weighted by Crippen LogP contribution is -2.37. The molecule has 2 aromatic carbocycles. The molecule has 25 heavy (non-hydrogen) atoms. The second-order valence-corrected chi connectivity index (χ2v) is 7.79. The Hall–Kier alpha value is -2.25. The van der Waals surface area contributed by atoms with Gasteiger partial charge in [-0.05, 0) is 25.1 Å². The molecule has 0 radical (unpaired) electrons. The molecule has 0 heterocycles. The average Bonchev–Trinajstić information content (AvgIpc) is 2.55. The van der Waals surface area contributed by atoms with Crippen LogP contribution in [0.2, 0.25) is 0 Å². The molecule has 1 N–H and O–H groups in total. The number of carbonyl (C=O) groups excluding carboxylic acids is 1. The first-order chi connectivity index (χ1) is 11.8. The van der Waals surface area contributed by atoms with Crippen molar-refractivity contribution in [3.8, 4) is 0 Å². The Labute approximate surface area is 147 Å². The van der Waals surface area contributed by atoms with Crippen molar-refractivity contribution in [2.75, 3.05) is 19.3 Å². The maximum Gasteiger partial charge on any atom is 0.251 e. The van der Waals surface area contributed by atoms with Crippen molar-refractivity contribution in [1.29, 1.82) is 0 Å². The molecule has 0 unspecified atom stereocenters. The summed E-state index contributed by atoms with van der Waals surface area (Å²) in [7, 11) is -3.53. The predicted molar refractivity (Wildman–Crippen MR) is 95.2 cm³/mol. The van der Waals surface area contributed by atoms with Gasteiger partial charge in [0.05, 0.1) is 6.26 Å². The monoisotopic (exact) mass is 364 g/mol. The zero-order valence-electron chi connectivity index (χ0n) is 14.2. The molecule has 2 aromatic rings. The summed E-state index contributed by atoms with van der Waals surface area (Å²) in [5.74, 6) is -0.737. The Morgan fingerprint density at radius 1 is 1.12 bits per heavy atom. The topological polar surface area (TPSA) is 66.5 Å². The molecule has 0 aromatic heterocycles. The van der Waals surface area contributed by atoms with Crippen molar-refractivity contribution < 1.29 is 17.6 Å². The summed E-state index contributed by atoms with van der Waals surface area (Å²) in [5, 5.41) is 2.68. The molecule has 0 atom stereocenters. The second kappa shape index (κ2) is 8.22. The highest BCUT2D eigenvalue weighted by molar-refractivity contribution is 7.88. The fourth-order valence-corrected chi connectivity index (χ4v) is 3.08. The highest BCUT2D eigenvalue weighted by atomic mass is 32.2. The van der Waals surface area contributed by atoms with Gasteiger partial charge in [0.15, 0.2) is 0 Å². The van der Waals surface area contributed by atoms with E-state index in [0.29, 0.717) is 5.56 Å². The lowest BCUT2D eigenvalue weighted by Gasteiger charge is -2.20. The molecular weight excluding hydrogens is 343 g/mol. The molecule has 1 amide bonds. The van der Waals surface area contributed by atoms with E-state index in [1.54, 1.807) is 30.3 Å². The summed E-state index contributed by atoms with van der Waals surface area (Å²) < 4.78 is 38.7. The molecule has 0 aliphatic rings. The lowest BCUT2D eigenvalue weighted by atomic mass is 10.1. The van der Waals surface area contributed by atoms with Gasteiger partial charge >= 0.3 is 0 Å². The van der Waals surface area contributed by atoms with Gasteiger partial charge in [0.25, 0.3) is 5.91 Å². The van der Waals surface area contributed by atoms with Crippen LogP contribution >= 0.6 is 0 Å². The number of carbonyl (C=O) groups is 1. The van der Waals surface area contributed by atoms with Crippen molar-refractivity contribution in [1.82, 2.24) is 9.62 Å². The quantitative estimate of drug-likeness (QED) is 0.820. The number of benzene rings is 2. The second-order valence-electron chi connectivity index (χ2n) is 5.81. The molecule has 134 valence electrons. The first-order valence-corrected chi connectivity index (χ1v) is 9.65. The standard InChI is InChI=1S/C18H21FN2O3S/c1-14-7-9-15(10-8-14)18(22)20-11-12-21(25(2,23)24)13-16-5-3-4-6-17(16)19/h3-10H,11-13H2,1-2H3,(H,20,22). The molecule has 0 fully saturated rings. The smallest absolute Gasteiger partial charge is 0.251 e. The van der Waals surface area contributed by atoms with E-state index in [2.05, 4.69) is 5.32 Å². The van der Waals surface area contributed by atoms with Gasteiger partial charge in [0.1, 0.15) is 5.82 Å². The van der Waals surface area contributed by atoms with Gasteiger partial charge in [-0.15, -0.1) is 0 Å². The van der Waals surface area contributed by atoms with E-state index in [1.807, 2.05) is 19.1 Å². The molecule has 0 aliphatic heterocycles. The normalized spacial score (nSPS) is 11.5. The van der Waals surface area contributed by atoms with Crippen LogP contribution in [0.25, 0.3) is 0 Å². The van der Waals surface area contributed by atoms with Crippen LogP contribution in [0.3, 0.4) is 0 Å². The fourth-order valence-electron chi connectivity index (χ4n) is 2.28. The van der Waals surface area contributed by atoms with Crippen molar-refractivity contribution in [2.24, 2.45) is 0 Å². The zero-order chi connectivity index (χ0) is 18.4. The molecule has 0 saturated heterocycles. The minimum Gasteiger partial charge on any atom is -0.351 e. The highest BCUT2D eigenvalue weighted by Gasteiger charge is 2.18. The van der Waals surface area contributed by atoms with E-state index in [4.69, 9.17) is 0 Å². The molecular formula is C18H21FN2O3S.